The van der Waals surface area contributed by atoms with Crippen LogP contribution < -0.4 is 0 Å². The third kappa shape index (κ3) is 1.71. The second-order valence-electron chi connectivity index (χ2n) is 4.16. The van der Waals surface area contributed by atoms with Gasteiger partial charge in [-0.1, -0.05) is 0 Å². The Bertz CT molecular complexity index is 291. The number of aliphatic hydroxyl groups excluding tert-OH is 1. The summed E-state index contributed by atoms with van der Waals surface area (Å²) in [5.74, 6) is -0.420. The van der Waals surface area contributed by atoms with E-state index in [1.54, 1.807) is 4.90 Å². The van der Waals surface area contributed by atoms with Crippen molar-refractivity contribution < 1.29 is 19.4 Å². The lowest BCUT2D eigenvalue weighted by Crippen LogP contribution is -2.53. The van der Waals surface area contributed by atoms with Gasteiger partial charge in [-0.3, -0.25) is 4.79 Å². The molecule has 0 spiro atoms. The van der Waals surface area contributed by atoms with E-state index in [9.17, 15) is 14.7 Å². The summed E-state index contributed by atoms with van der Waals surface area (Å²) in [7, 11) is 1.30. The summed E-state index contributed by atoms with van der Waals surface area (Å²) >= 11 is 0. The quantitative estimate of drug-likeness (QED) is 0.606. The van der Waals surface area contributed by atoms with Gasteiger partial charge in [0.2, 0.25) is 5.91 Å². The average Bonchev–Trinajstić information content (AvgIpc) is 2.58. The molecule has 0 aliphatic carbocycles. The zero-order chi connectivity index (χ0) is 11.0. The van der Waals surface area contributed by atoms with Crippen LogP contribution in [0.3, 0.4) is 0 Å². The molecule has 0 bridgehead atoms. The van der Waals surface area contributed by atoms with E-state index in [2.05, 4.69) is 4.74 Å². The first kappa shape index (κ1) is 10.4. The molecular weight excluding hydrogens is 198 g/mol. The van der Waals surface area contributed by atoms with Crippen molar-refractivity contribution in [2.75, 3.05) is 7.11 Å². The lowest BCUT2D eigenvalue weighted by molar-refractivity contribution is -0.157. The summed E-state index contributed by atoms with van der Waals surface area (Å²) in [4.78, 5) is 24.7. The number of aliphatic hydroxyl groups is 1. The molecule has 0 radical (unpaired) electrons. The van der Waals surface area contributed by atoms with E-state index in [0.29, 0.717) is 19.3 Å². The number of esters is 1. The molecule has 1 N–H and O–H groups in total. The highest BCUT2D eigenvalue weighted by molar-refractivity contribution is 5.86. The second-order valence-corrected chi connectivity index (χ2v) is 4.16. The van der Waals surface area contributed by atoms with Crippen molar-refractivity contribution >= 4 is 11.9 Å². The van der Waals surface area contributed by atoms with E-state index >= 15 is 0 Å². The van der Waals surface area contributed by atoms with Crippen molar-refractivity contribution in [3.05, 3.63) is 0 Å². The van der Waals surface area contributed by atoms with Crippen LogP contribution in [-0.4, -0.2) is 47.2 Å². The number of ether oxygens (including phenoxy) is 1. The molecule has 1 amide bonds. The van der Waals surface area contributed by atoms with Crippen molar-refractivity contribution in [1.82, 2.24) is 4.90 Å². The molecule has 5 heteroatoms. The Labute approximate surface area is 88.0 Å². The number of hydrogen-bond donors (Lipinski definition) is 1. The first-order chi connectivity index (χ1) is 7.13. The number of carbonyl (C=O) groups is 2. The Kier molecular flexibility index (Phi) is 2.65. The number of amides is 1. The van der Waals surface area contributed by atoms with Crippen LogP contribution in [0.15, 0.2) is 0 Å². The van der Waals surface area contributed by atoms with E-state index < -0.39 is 18.1 Å². The first-order valence-electron chi connectivity index (χ1n) is 5.20. The average molecular weight is 213 g/mol. The molecular formula is C10H15NO4. The Morgan fingerprint density at radius 1 is 1.53 bits per heavy atom. The van der Waals surface area contributed by atoms with Gasteiger partial charge in [0.25, 0.3) is 0 Å². The minimum atomic E-state index is -0.584. The van der Waals surface area contributed by atoms with Gasteiger partial charge in [-0.05, 0) is 12.8 Å². The number of hydrogen-bond acceptors (Lipinski definition) is 4. The fraction of sp³-hybridized carbons (Fsp3) is 0.800. The molecule has 5 nitrogen and oxygen atoms in total. The summed E-state index contributed by atoms with van der Waals surface area (Å²) < 4.78 is 4.65. The van der Waals surface area contributed by atoms with Gasteiger partial charge >= 0.3 is 5.97 Å². The van der Waals surface area contributed by atoms with Gasteiger partial charge in [-0.25, -0.2) is 4.79 Å². The Balaban J connectivity index is 2.19. The smallest absolute Gasteiger partial charge is 0.328 e. The maximum absolute atomic E-state index is 11.6. The molecule has 0 aromatic heterocycles. The molecule has 2 fully saturated rings. The van der Waals surface area contributed by atoms with Gasteiger partial charge in [-0.15, -0.1) is 0 Å². The summed E-state index contributed by atoms with van der Waals surface area (Å²) in [6.07, 6.45) is 1.60. The number of methoxy groups -OCH3 is 1. The SMILES string of the molecule is COC(=O)[C@@H]1C[C@H](O)C[C@H]2CCC(=O)N21. The minimum Gasteiger partial charge on any atom is -0.467 e. The highest BCUT2D eigenvalue weighted by Gasteiger charge is 2.45. The van der Waals surface area contributed by atoms with Crippen LogP contribution in [0, 0.1) is 0 Å². The molecule has 0 saturated carbocycles. The Morgan fingerprint density at radius 3 is 2.93 bits per heavy atom. The maximum atomic E-state index is 11.6. The van der Waals surface area contributed by atoms with Gasteiger partial charge in [-0.2, -0.15) is 0 Å². The van der Waals surface area contributed by atoms with Crippen LogP contribution in [0.1, 0.15) is 25.7 Å². The van der Waals surface area contributed by atoms with Crippen molar-refractivity contribution in [1.29, 1.82) is 0 Å². The highest BCUT2D eigenvalue weighted by Crippen LogP contribution is 2.32. The van der Waals surface area contributed by atoms with Crippen LogP contribution >= 0.6 is 0 Å². The second kappa shape index (κ2) is 3.81. The molecule has 2 saturated heterocycles. The number of fused-ring (bicyclic) bond motifs is 1. The monoisotopic (exact) mass is 213 g/mol. The number of piperidine rings is 1. The molecule has 0 aromatic rings. The lowest BCUT2D eigenvalue weighted by atomic mass is 9.94. The predicted octanol–water partition coefficient (Wildman–Crippen LogP) is -0.326. The van der Waals surface area contributed by atoms with Gasteiger partial charge < -0.3 is 14.7 Å². The van der Waals surface area contributed by atoms with Crippen molar-refractivity contribution in [2.45, 2.75) is 43.9 Å². The molecule has 15 heavy (non-hydrogen) atoms. The van der Waals surface area contributed by atoms with Crippen LogP contribution in [-0.2, 0) is 14.3 Å². The fourth-order valence-corrected chi connectivity index (χ4v) is 2.55. The van der Waals surface area contributed by atoms with Gasteiger partial charge in [0, 0.05) is 18.9 Å². The summed E-state index contributed by atoms with van der Waals surface area (Å²) in [5, 5.41) is 9.61. The van der Waals surface area contributed by atoms with Crippen molar-refractivity contribution in [2.24, 2.45) is 0 Å². The van der Waals surface area contributed by atoms with E-state index in [4.69, 9.17) is 0 Å². The van der Waals surface area contributed by atoms with Crippen LogP contribution in [0.5, 0.6) is 0 Å². The van der Waals surface area contributed by atoms with Crippen LogP contribution in [0.2, 0.25) is 0 Å². The molecule has 84 valence electrons. The number of rotatable bonds is 1. The zero-order valence-electron chi connectivity index (χ0n) is 8.68. The Hall–Kier alpha value is -1.10. The minimum absolute atomic E-state index is 0.00213. The number of carbonyl (C=O) groups excluding carboxylic acids is 2. The number of nitrogens with zero attached hydrogens (tertiary/aromatic N) is 1. The topological polar surface area (TPSA) is 66.8 Å². The third-order valence-electron chi connectivity index (χ3n) is 3.22. The maximum Gasteiger partial charge on any atom is 0.328 e. The van der Waals surface area contributed by atoms with Crippen LogP contribution in [0.4, 0.5) is 0 Å². The fourth-order valence-electron chi connectivity index (χ4n) is 2.55. The van der Waals surface area contributed by atoms with Crippen molar-refractivity contribution in [3.8, 4) is 0 Å². The van der Waals surface area contributed by atoms with E-state index in [0.717, 1.165) is 6.42 Å². The van der Waals surface area contributed by atoms with Gasteiger partial charge in [0.15, 0.2) is 0 Å². The molecule has 3 atom stereocenters. The predicted molar refractivity (Wildman–Crippen MR) is 50.9 cm³/mol. The first-order valence-corrected chi connectivity index (χ1v) is 5.20. The molecule has 2 heterocycles. The lowest BCUT2D eigenvalue weighted by Gasteiger charge is -2.38. The summed E-state index contributed by atoms with van der Waals surface area (Å²) in [6, 6.07) is -0.566. The molecule has 0 unspecified atom stereocenters. The summed E-state index contributed by atoms with van der Waals surface area (Å²) in [6.45, 7) is 0. The standard InChI is InChI=1S/C10H15NO4/c1-15-10(14)8-5-7(12)4-6-2-3-9(13)11(6)8/h6-8,12H,2-5H2,1H3/t6-,7-,8+/m1/s1. The van der Waals surface area contributed by atoms with Gasteiger partial charge in [0.1, 0.15) is 6.04 Å². The molecule has 0 aromatic carbocycles. The normalized spacial score (nSPS) is 35.2. The molecule has 2 rings (SSSR count). The van der Waals surface area contributed by atoms with E-state index in [-0.39, 0.29) is 11.9 Å². The highest BCUT2D eigenvalue weighted by atomic mass is 16.5. The van der Waals surface area contributed by atoms with Crippen molar-refractivity contribution in [3.63, 3.8) is 0 Å². The van der Waals surface area contributed by atoms with E-state index in [1.807, 2.05) is 0 Å². The van der Waals surface area contributed by atoms with Crippen LogP contribution in [0.25, 0.3) is 0 Å². The molecule has 2 aliphatic heterocycles. The van der Waals surface area contributed by atoms with Gasteiger partial charge in [0.05, 0.1) is 13.2 Å². The van der Waals surface area contributed by atoms with E-state index in [1.165, 1.54) is 7.11 Å². The Morgan fingerprint density at radius 2 is 2.27 bits per heavy atom. The molecule has 2 aliphatic rings. The zero-order valence-corrected chi connectivity index (χ0v) is 8.68. The largest absolute Gasteiger partial charge is 0.467 e. The summed E-state index contributed by atoms with van der Waals surface area (Å²) in [5.41, 5.74) is 0. The third-order valence-corrected chi connectivity index (χ3v) is 3.22.